The molecule has 70 valence electrons. The number of benzene rings is 1. The zero-order valence-electron chi connectivity index (χ0n) is 7.69. The third kappa shape index (κ3) is 3.08. The van der Waals surface area contributed by atoms with Crippen molar-refractivity contribution in [2.75, 3.05) is 0 Å². The molecular weight excluding hydrogens is 179 g/mol. The first-order valence-corrected chi connectivity index (χ1v) is 3.79. The Hall–Kier alpha value is -2.13. The lowest BCUT2D eigenvalue weighted by molar-refractivity contribution is 1.11. The fraction of sp³-hybridized carbons (Fsp3) is 0.0909. The average molecular weight is 188 g/mol. The van der Waals surface area contributed by atoms with Crippen molar-refractivity contribution >= 4 is 6.08 Å². The second kappa shape index (κ2) is 5.50. The first-order chi connectivity index (χ1) is 6.26. The van der Waals surface area contributed by atoms with Gasteiger partial charge < -0.3 is 0 Å². The molecule has 0 aromatic heterocycles. The van der Waals surface area contributed by atoms with E-state index in [9.17, 15) is 0 Å². The molecule has 0 radical (unpaired) electrons. The van der Waals surface area contributed by atoms with Crippen molar-refractivity contribution in [3.05, 3.63) is 64.0 Å². The summed E-state index contributed by atoms with van der Waals surface area (Å²) in [7, 11) is 0. The lowest BCUT2D eigenvalue weighted by Gasteiger charge is -1.91. The molecule has 0 saturated carbocycles. The average Bonchev–Trinajstić information content (AvgIpc) is 2.17. The Balaban J connectivity index is 0.00000169. The highest BCUT2D eigenvalue weighted by Gasteiger charge is 2.00. The maximum absolute atomic E-state index is 6.69. The third-order valence-electron chi connectivity index (χ3n) is 1.60. The molecule has 0 saturated heterocycles. The normalized spacial score (nSPS) is 7.64. The number of hydrogen-bond donors (Lipinski definition) is 0. The van der Waals surface area contributed by atoms with Crippen LogP contribution >= 0.6 is 0 Å². The Bertz CT molecular complexity index is 388. The molecule has 1 aromatic rings. The van der Waals surface area contributed by atoms with Crippen LogP contribution in [0.4, 0.5) is 4.70 Å². The first kappa shape index (κ1) is 11.9. The van der Waals surface area contributed by atoms with Crippen LogP contribution in [0.2, 0.25) is 0 Å². The lowest BCUT2D eigenvalue weighted by atomic mass is 10.1. The van der Waals surface area contributed by atoms with E-state index in [1.54, 1.807) is 6.08 Å². The molecule has 0 aliphatic heterocycles. The van der Waals surface area contributed by atoms with Gasteiger partial charge in [-0.25, -0.2) is 0 Å². The second-order valence-electron chi connectivity index (χ2n) is 2.64. The SMILES string of the molecule is F.[C-]#[N+]C(=Cc1ccc(C)cc1)[N+]#[C-]. The molecule has 0 unspecified atom stereocenters. The standard InChI is InChI=1S/C11H8N2.FH/c1-9-4-6-10(7-5-9)8-11(12-2)13-3;/h4-8H,1H3;1H. The monoisotopic (exact) mass is 188 g/mol. The quantitative estimate of drug-likeness (QED) is 0.598. The van der Waals surface area contributed by atoms with Crippen LogP contribution in [0.15, 0.2) is 30.1 Å². The van der Waals surface area contributed by atoms with Gasteiger partial charge in [0.05, 0.1) is 0 Å². The third-order valence-corrected chi connectivity index (χ3v) is 1.60. The molecule has 0 amide bonds. The van der Waals surface area contributed by atoms with Gasteiger partial charge in [-0.3, -0.25) is 4.70 Å². The molecule has 0 heterocycles. The predicted octanol–water partition coefficient (Wildman–Crippen LogP) is 3.28. The van der Waals surface area contributed by atoms with E-state index < -0.39 is 0 Å². The Morgan fingerprint density at radius 2 is 1.64 bits per heavy atom. The highest BCUT2D eigenvalue weighted by molar-refractivity contribution is 5.56. The van der Waals surface area contributed by atoms with Crippen LogP contribution in [0, 0.1) is 20.1 Å². The van der Waals surface area contributed by atoms with Crippen molar-refractivity contribution < 1.29 is 4.70 Å². The Labute approximate surface area is 82.5 Å². The Morgan fingerprint density at radius 3 is 2.07 bits per heavy atom. The van der Waals surface area contributed by atoms with Crippen molar-refractivity contribution in [3.8, 4) is 0 Å². The minimum atomic E-state index is 0. The van der Waals surface area contributed by atoms with Gasteiger partial charge in [0.15, 0.2) is 0 Å². The Kier molecular flexibility index (Phi) is 4.67. The molecule has 3 heteroatoms. The van der Waals surface area contributed by atoms with Crippen molar-refractivity contribution in [2.45, 2.75) is 6.92 Å². The van der Waals surface area contributed by atoms with E-state index in [1.807, 2.05) is 31.2 Å². The van der Waals surface area contributed by atoms with Crippen molar-refractivity contribution in [1.82, 2.24) is 0 Å². The largest absolute Gasteiger partial charge is 0.519 e. The molecule has 14 heavy (non-hydrogen) atoms. The minimum absolute atomic E-state index is 0. The summed E-state index contributed by atoms with van der Waals surface area (Å²) in [4.78, 5) is 6.16. The van der Waals surface area contributed by atoms with Crippen LogP contribution < -0.4 is 0 Å². The fourth-order valence-electron chi connectivity index (χ4n) is 0.901. The molecule has 0 atom stereocenters. The van der Waals surface area contributed by atoms with Gasteiger partial charge in [-0.1, -0.05) is 29.8 Å². The maximum atomic E-state index is 6.69. The van der Waals surface area contributed by atoms with E-state index >= 15 is 0 Å². The first-order valence-electron chi connectivity index (χ1n) is 3.79. The second-order valence-corrected chi connectivity index (χ2v) is 2.64. The molecule has 1 aromatic carbocycles. The highest BCUT2D eigenvalue weighted by Crippen LogP contribution is 2.09. The van der Waals surface area contributed by atoms with Crippen LogP contribution in [-0.2, 0) is 0 Å². The van der Waals surface area contributed by atoms with Gasteiger partial charge >= 0.3 is 5.82 Å². The lowest BCUT2D eigenvalue weighted by Crippen LogP contribution is -1.74. The van der Waals surface area contributed by atoms with Crippen molar-refractivity contribution in [1.29, 1.82) is 0 Å². The number of rotatable bonds is 1. The van der Waals surface area contributed by atoms with E-state index in [0.717, 1.165) is 5.56 Å². The maximum Gasteiger partial charge on any atom is 0.519 e. The summed E-state index contributed by atoms with van der Waals surface area (Å²) in [5.74, 6) is 0.101. The fourth-order valence-corrected chi connectivity index (χ4v) is 0.901. The number of nitrogens with zero attached hydrogens (tertiary/aromatic N) is 2. The molecule has 0 fully saturated rings. The summed E-state index contributed by atoms with van der Waals surface area (Å²) >= 11 is 0. The van der Waals surface area contributed by atoms with E-state index in [4.69, 9.17) is 13.1 Å². The Morgan fingerprint density at radius 1 is 1.14 bits per heavy atom. The van der Waals surface area contributed by atoms with Gasteiger partial charge in [-0.15, -0.1) is 0 Å². The summed E-state index contributed by atoms with van der Waals surface area (Å²) in [6, 6.07) is 7.70. The molecule has 0 N–H and O–H groups in total. The zero-order valence-corrected chi connectivity index (χ0v) is 7.69. The summed E-state index contributed by atoms with van der Waals surface area (Å²) < 4.78 is 0. The molecule has 1 rings (SSSR count). The van der Waals surface area contributed by atoms with Gasteiger partial charge in [-0.2, -0.15) is 9.69 Å². The molecule has 2 nitrogen and oxygen atoms in total. The van der Waals surface area contributed by atoms with Crippen molar-refractivity contribution in [2.24, 2.45) is 0 Å². The van der Waals surface area contributed by atoms with E-state index in [2.05, 4.69) is 9.69 Å². The van der Waals surface area contributed by atoms with Gasteiger partial charge in [0.2, 0.25) is 0 Å². The number of aryl methyl sites for hydroxylation is 1. The van der Waals surface area contributed by atoms with Gasteiger partial charge in [-0.05, 0) is 12.5 Å². The molecule has 0 bridgehead atoms. The zero-order chi connectivity index (χ0) is 9.68. The van der Waals surface area contributed by atoms with Crippen LogP contribution in [-0.4, -0.2) is 0 Å². The highest BCUT2D eigenvalue weighted by atomic mass is 19.0. The van der Waals surface area contributed by atoms with E-state index in [0.29, 0.717) is 0 Å². The van der Waals surface area contributed by atoms with Crippen molar-refractivity contribution in [3.63, 3.8) is 0 Å². The summed E-state index contributed by atoms with van der Waals surface area (Å²) in [6.07, 6.45) is 1.58. The van der Waals surface area contributed by atoms with Gasteiger partial charge in [0, 0.05) is 6.08 Å². The summed E-state index contributed by atoms with van der Waals surface area (Å²) in [5.41, 5.74) is 2.07. The van der Waals surface area contributed by atoms with E-state index in [1.165, 1.54) is 5.56 Å². The summed E-state index contributed by atoms with van der Waals surface area (Å²) in [5, 5.41) is 0. The molecule has 0 spiro atoms. The van der Waals surface area contributed by atoms with Crippen LogP contribution in [0.1, 0.15) is 11.1 Å². The van der Waals surface area contributed by atoms with E-state index in [-0.39, 0.29) is 10.5 Å². The molecule has 0 aliphatic rings. The number of halogens is 1. The van der Waals surface area contributed by atoms with Crippen LogP contribution in [0.25, 0.3) is 15.8 Å². The topological polar surface area (TPSA) is 8.72 Å². The molecule has 0 aliphatic carbocycles. The smallest absolute Gasteiger partial charge is 0.269 e. The molecular formula is C11H9FN2. The minimum Gasteiger partial charge on any atom is -0.269 e. The van der Waals surface area contributed by atoms with Crippen LogP contribution in [0.5, 0.6) is 0 Å². The van der Waals surface area contributed by atoms with Crippen LogP contribution in [0.3, 0.4) is 0 Å². The number of hydrogen-bond acceptors (Lipinski definition) is 0. The predicted molar refractivity (Wildman–Crippen MR) is 54.9 cm³/mol. The summed E-state index contributed by atoms with van der Waals surface area (Å²) in [6.45, 7) is 15.4. The van der Waals surface area contributed by atoms with Gasteiger partial charge in [0.1, 0.15) is 13.1 Å². The van der Waals surface area contributed by atoms with Gasteiger partial charge in [0.25, 0.3) is 0 Å².